The molecular formula is C12H18N4O4. The molecule has 0 amide bonds. The molecule has 110 valence electrons. The van der Waals surface area contributed by atoms with Crippen LogP contribution in [-0.2, 0) is 0 Å². The molecule has 1 aromatic heterocycles. The second-order valence-corrected chi connectivity index (χ2v) is 3.95. The van der Waals surface area contributed by atoms with Gasteiger partial charge >= 0.3 is 17.6 Å². The van der Waals surface area contributed by atoms with Crippen molar-refractivity contribution in [3.63, 3.8) is 0 Å². The topological polar surface area (TPSA) is 90.6 Å². The first-order valence-corrected chi connectivity index (χ1v) is 6.16. The molecule has 0 bridgehead atoms. The fraction of sp³-hybridized carbons (Fsp3) is 0.500. The lowest BCUT2D eigenvalue weighted by Gasteiger charge is -2.08. The summed E-state index contributed by atoms with van der Waals surface area (Å²) < 4.78 is 10.4. The van der Waals surface area contributed by atoms with Gasteiger partial charge in [-0.15, -0.1) is 0 Å². The largest absolute Gasteiger partial charge is 0.473 e. The Kier molecular flexibility index (Phi) is 5.70. The molecule has 0 spiro atoms. The van der Waals surface area contributed by atoms with Gasteiger partial charge in [-0.1, -0.05) is 0 Å². The Morgan fingerprint density at radius 1 is 1.25 bits per heavy atom. The molecule has 0 atom stereocenters. The van der Waals surface area contributed by atoms with E-state index in [-0.39, 0.29) is 29.9 Å². The van der Waals surface area contributed by atoms with Crippen molar-refractivity contribution in [1.29, 1.82) is 0 Å². The second kappa shape index (κ2) is 7.27. The van der Waals surface area contributed by atoms with Gasteiger partial charge in [0, 0.05) is 20.3 Å². The summed E-state index contributed by atoms with van der Waals surface area (Å²) in [7, 11) is 3.60. The second-order valence-electron chi connectivity index (χ2n) is 3.95. The van der Waals surface area contributed by atoms with Crippen molar-refractivity contribution in [3.8, 4) is 11.9 Å². The maximum atomic E-state index is 11.2. The van der Waals surface area contributed by atoms with E-state index in [1.807, 2.05) is 0 Å². The van der Waals surface area contributed by atoms with Gasteiger partial charge in [-0.3, -0.25) is 10.1 Å². The summed E-state index contributed by atoms with van der Waals surface area (Å²) in [5.74, 6) is -0.0886. The number of nitrogens with zero attached hydrogens (tertiary/aromatic N) is 4. The van der Waals surface area contributed by atoms with Crippen molar-refractivity contribution in [1.82, 2.24) is 14.9 Å². The van der Waals surface area contributed by atoms with E-state index in [0.717, 1.165) is 0 Å². The molecule has 1 aromatic rings. The van der Waals surface area contributed by atoms with Gasteiger partial charge in [0.2, 0.25) is 0 Å². The lowest BCUT2D eigenvalue weighted by atomic mass is 10.3. The Balaban J connectivity index is 3.37. The molecule has 0 saturated carbocycles. The normalized spacial score (nSPS) is 10.6. The van der Waals surface area contributed by atoms with Crippen molar-refractivity contribution < 1.29 is 14.4 Å². The van der Waals surface area contributed by atoms with Crippen LogP contribution in [0.1, 0.15) is 19.5 Å². The number of hydrogen-bond acceptors (Lipinski definition) is 7. The van der Waals surface area contributed by atoms with Crippen molar-refractivity contribution >= 4 is 11.8 Å². The zero-order valence-corrected chi connectivity index (χ0v) is 12.0. The van der Waals surface area contributed by atoms with E-state index in [1.54, 1.807) is 39.0 Å². The number of aromatic nitrogens is 2. The third-order valence-corrected chi connectivity index (χ3v) is 2.13. The lowest BCUT2D eigenvalue weighted by Crippen LogP contribution is -2.07. The van der Waals surface area contributed by atoms with Gasteiger partial charge in [-0.25, -0.2) is 0 Å². The number of nitro groups is 1. The number of hydrogen-bond donors (Lipinski definition) is 0. The van der Waals surface area contributed by atoms with Gasteiger partial charge in [-0.2, -0.15) is 9.97 Å². The van der Waals surface area contributed by atoms with Gasteiger partial charge in [0.1, 0.15) is 0 Å². The average molecular weight is 282 g/mol. The predicted octanol–water partition coefficient (Wildman–Crippen LogP) is 1.71. The highest BCUT2D eigenvalue weighted by atomic mass is 16.6. The van der Waals surface area contributed by atoms with Crippen molar-refractivity contribution in [2.24, 2.45) is 0 Å². The van der Waals surface area contributed by atoms with E-state index in [9.17, 15) is 10.1 Å². The molecule has 0 saturated heterocycles. The lowest BCUT2D eigenvalue weighted by molar-refractivity contribution is -0.386. The average Bonchev–Trinajstić information content (AvgIpc) is 2.36. The van der Waals surface area contributed by atoms with E-state index >= 15 is 0 Å². The molecule has 0 aliphatic carbocycles. The van der Waals surface area contributed by atoms with Crippen LogP contribution in [0.2, 0.25) is 0 Å². The van der Waals surface area contributed by atoms with Crippen LogP contribution in [0.5, 0.6) is 11.9 Å². The van der Waals surface area contributed by atoms with Crippen LogP contribution in [-0.4, -0.2) is 47.1 Å². The quantitative estimate of drug-likeness (QED) is 0.555. The Morgan fingerprint density at radius 2 is 1.90 bits per heavy atom. The van der Waals surface area contributed by atoms with Gasteiger partial charge in [0.25, 0.3) is 0 Å². The third kappa shape index (κ3) is 4.08. The van der Waals surface area contributed by atoms with Crippen LogP contribution in [0, 0.1) is 10.1 Å². The Labute approximate surface area is 117 Å². The molecule has 0 aliphatic rings. The highest BCUT2D eigenvalue weighted by Gasteiger charge is 2.25. The summed E-state index contributed by atoms with van der Waals surface area (Å²) in [6, 6.07) is 0.0555. The van der Waals surface area contributed by atoms with Gasteiger partial charge < -0.3 is 14.4 Å². The maximum Gasteiger partial charge on any atom is 0.356 e. The van der Waals surface area contributed by atoms with E-state index < -0.39 is 4.92 Å². The minimum atomic E-state index is -0.559. The molecule has 0 N–H and O–H groups in total. The molecular weight excluding hydrogens is 264 g/mol. The van der Waals surface area contributed by atoms with Crippen LogP contribution in [0.15, 0.2) is 6.20 Å². The maximum absolute atomic E-state index is 11.2. The van der Waals surface area contributed by atoms with Crippen LogP contribution < -0.4 is 9.47 Å². The first kappa shape index (κ1) is 15.7. The summed E-state index contributed by atoms with van der Waals surface area (Å²) in [6.45, 7) is 4.13. The highest BCUT2D eigenvalue weighted by Crippen LogP contribution is 2.30. The smallest absolute Gasteiger partial charge is 0.356 e. The fourth-order valence-corrected chi connectivity index (χ4v) is 1.37. The first-order valence-electron chi connectivity index (χ1n) is 6.16. The van der Waals surface area contributed by atoms with E-state index in [2.05, 4.69) is 9.97 Å². The molecule has 0 aliphatic heterocycles. The van der Waals surface area contributed by atoms with E-state index in [4.69, 9.17) is 9.47 Å². The third-order valence-electron chi connectivity index (χ3n) is 2.13. The molecule has 1 rings (SSSR count). The standard InChI is InChI=1S/C12H18N4O4/c1-5-19-11-10(16(17)18)9(7-8-15(3)4)13-12(14-11)20-6-2/h7-8H,5-6H2,1-4H3/b8-7-. The fourth-order valence-electron chi connectivity index (χ4n) is 1.37. The molecule has 8 heteroatoms. The van der Waals surface area contributed by atoms with Gasteiger partial charge in [0.05, 0.1) is 18.1 Å². The van der Waals surface area contributed by atoms with Crippen molar-refractivity contribution in [2.45, 2.75) is 13.8 Å². The van der Waals surface area contributed by atoms with Crippen molar-refractivity contribution in [2.75, 3.05) is 27.3 Å². The zero-order chi connectivity index (χ0) is 15.1. The van der Waals surface area contributed by atoms with E-state index in [0.29, 0.717) is 6.61 Å². The van der Waals surface area contributed by atoms with Crippen LogP contribution in [0.4, 0.5) is 5.69 Å². The van der Waals surface area contributed by atoms with Crippen molar-refractivity contribution in [3.05, 3.63) is 22.0 Å². The summed E-state index contributed by atoms with van der Waals surface area (Å²) in [4.78, 5) is 20.3. The molecule has 0 unspecified atom stereocenters. The zero-order valence-electron chi connectivity index (χ0n) is 12.0. The molecule has 0 fully saturated rings. The number of rotatable bonds is 7. The molecule has 20 heavy (non-hydrogen) atoms. The predicted molar refractivity (Wildman–Crippen MR) is 73.7 cm³/mol. The first-order chi connectivity index (χ1) is 9.49. The Bertz CT molecular complexity index is 502. The van der Waals surface area contributed by atoms with E-state index in [1.165, 1.54) is 6.08 Å². The van der Waals surface area contributed by atoms with Gasteiger partial charge in [0.15, 0.2) is 5.69 Å². The van der Waals surface area contributed by atoms with Gasteiger partial charge in [-0.05, 0) is 19.9 Å². The monoisotopic (exact) mass is 282 g/mol. The summed E-state index contributed by atoms with van der Waals surface area (Å²) >= 11 is 0. The summed E-state index contributed by atoms with van der Waals surface area (Å²) in [5, 5.41) is 11.2. The minimum absolute atomic E-state index is 0.0555. The number of ether oxygens (including phenoxy) is 2. The highest BCUT2D eigenvalue weighted by molar-refractivity contribution is 5.61. The summed E-state index contributed by atoms with van der Waals surface area (Å²) in [6.07, 6.45) is 3.17. The minimum Gasteiger partial charge on any atom is -0.473 e. The van der Waals surface area contributed by atoms with Crippen LogP contribution in [0.25, 0.3) is 6.08 Å². The van der Waals surface area contributed by atoms with Crippen LogP contribution in [0.3, 0.4) is 0 Å². The molecule has 8 nitrogen and oxygen atoms in total. The molecule has 1 heterocycles. The summed E-state index contributed by atoms with van der Waals surface area (Å²) in [5.41, 5.74) is -0.126. The SMILES string of the molecule is CCOc1nc(/C=C\N(C)C)c([N+](=O)[O-])c(OCC)n1. The molecule has 0 radical (unpaired) electrons. The molecule has 0 aromatic carbocycles. The Morgan fingerprint density at radius 3 is 2.40 bits per heavy atom. The van der Waals surface area contributed by atoms with Crippen LogP contribution >= 0.6 is 0 Å². The Hall–Kier alpha value is -2.38.